The van der Waals surface area contributed by atoms with Crippen molar-refractivity contribution in [2.45, 2.75) is 44.8 Å². The highest BCUT2D eigenvalue weighted by Crippen LogP contribution is 2.35. The smallest absolute Gasteiger partial charge is 0.0589 e. The molecule has 2 heterocycles. The van der Waals surface area contributed by atoms with Crippen molar-refractivity contribution < 1.29 is 4.74 Å². The van der Waals surface area contributed by atoms with Crippen molar-refractivity contribution in [3.63, 3.8) is 0 Å². The summed E-state index contributed by atoms with van der Waals surface area (Å²) in [6.07, 6.45) is 1.36. The monoisotopic (exact) mass is 212 g/mol. The van der Waals surface area contributed by atoms with Gasteiger partial charge >= 0.3 is 0 Å². The van der Waals surface area contributed by atoms with Gasteiger partial charge < -0.3 is 4.74 Å². The highest BCUT2D eigenvalue weighted by Gasteiger charge is 2.46. The molecule has 0 aliphatic carbocycles. The Labute approximate surface area is 93.4 Å². The molecule has 88 valence electrons. The molecule has 0 radical (unpaired) electrons. The number of fused-ring (bicyclic) bond motifs is 2. The van der Waals surface area contributed by atoms with E-state index in [4.69, 9.17) is 4.74 Å². The quantitative estimate of drug-likeness (QED) is 0.699. The third kappa shape index (κ3) is 2.19. The Hall–Kier alpha value is -0.120. The first-order valence-corrected chi connectivity index (χ1v) is 6.02. The highest BCUT2D eigenvalue weighted by molar-refractivity contribution is 5.03. The van der Waals surface area contributed by atoms with Gasteiger partial charge in [0.15, 0.2) is 0 Å². The fourth-order valence-electron chi connectivity index (χ4n) is 3.05. The van der Waals surface area contributed by atoms with Crippen LogP contribution in [0.5, 0.6) is 0 Å². The molecular weight excluding hydrogens is 188 g/mol. The number of hydrogen-bond acceptors (Lipinski definition) is 3. The van der Waals surface area contributed by atoms with Crippen molar-refractivity contribution in [3.8, 4) is 0 Å². The van der Waals surface area contributed by atoms with E-state index in [2.05, 4.69) is 30.6 Å². The Balaban J connectivity index is 1.89. The summed E-state index contributed by atoms with van der Waals surface area (Å²) < 4.78 is 5.15. The second-order valence-corrected chi connectivity index (χ2v) is 5.85. The van der Waals surface area contributed by atoms with Gasteiger partial charge in [0.25, 0.3) is 0 Å². The van der Waals surface area contributed by atoms with Gasteiger partial charge in [0.2, 0.25) is 0 Å². The van der Waals surface area contributed by atoms with E-state index in [9.17, 15) is 0 Å². The zero-order chi connectivity index (χ0) is 11.1. The summed E-state index contributed by atoms with van der Waals surface area (Å²) in [6, 6.07) is 1.57. The number of nitrogens with zero attached hydrogens (tertiary/aromatic N) is 2. The van der Waals surface area contributed by atoms with Crippen LogP contribution in [0.15, 0.2) is 0 Å². The van der Waals surface area contributed by atoms with Gasteiger partial charge in [-0.2, -0.15) is 0 Å². The van der Waals surface area contributed by atoms with Crippen molar-refractivity contribution in [1.82, 2.24) is 9.80 Å². The van der Waals surface area contributed by atoms with Crippen LogP contribution in [0, 0.1) is 0 Å². The van der Waals surface area contributed by atoms with Crippen LogP contribution in [0.3, 0.4) is 0 Å². The molecule has 3 heteroatoms. The van der Waals surface area contributed by atoms with Gasteiger partial charge in [-0.05, 0) is 27.2 Å². The number of methoxy groups -OCH3 is 1. The van der Waals surface area contributed by atoms with Crippen molar-refractivity contribution in [3.05, 3.63) is 0 Å². The average molecular weight is 212 g/mol. The molecular formula is C12H24N2O. The first kappa shape index (κ1) is 11.4. The summed E-state index contributed by atoms with van der Waals surface area (Å²) in [6.45, 7) is 11.4. The lowest BCUT2D eigenvalue weighted by Crippen LogP contribution is -2.53. The lowest BCUT2D eigenvalue weighted by molar-refractivity contribution is 0.0458. The molecule has 2 rings (SSSR count). The minimum absolute atomic E-state index is 0.340. The minimum Gasteiger partial charge on any atom is -0.383 e. The first-order valence-electron chi connectivity index (χ1n) is 6.02. The summed E-state index contributed by atoms with van der Waals surface area (Å²) in [7, 11) is 1.79. The molecule has 2 bridgehead atoms. The molecule has 2 saturated heterocycles. The molecule has 0 N–H and O–H groups in total. The van der Waals surface area contributed by atoms with Gasteiger partial charge in [0.1, 0.15) is 0 Å². The number of hydrogen-bond donors (Lipinski definition) is 0. The lowest BCUT2D eigenvalue weighted by Gasteiger charge is -2.42. The second kappa shape index (κ2) is 4.04. The molecule has 3 nitrogen and oxygen atoms in total. The second-order valence-electron chi connectivity index (χ2n) is 5.85. The minimum atomic E-state index is 0.340. The molecule has 2 aliphatic heterocycles. The van der Waals surface area contributed by atoms with Crippen LogP contribution in [0.2, 0.25) is 0 Å². The lowest BCUT2D eigenvalue weighted by atomic mass is 10.0. The Morgan fingerprint density at radius 3 is 2.40 bits per heavy atom. The molecule has 0 amide bonds. The average Bonchev–Trinajstić information content (AvgIpc) is 2.71. The van der Waals surface area contributed by atoms with Crippen LogP contribution in [0.4, 0.5) is 0 Å². The Bertz CT molecular complexity index is 224. The number of likely N-dealkylation sites (tertiary alicyclic amines) is 2. The Morgan fingerprint density at radius 1 is 1.20 bits per heavy atom. The van der Waals surface area contributed by atoms with Gasteiger partial charge in [-0.1, -0.05) is 0 Å². The van der Waals surface area contributed by atoms with Crippen molar-refractivity contribution in [2.24, 2.45) is 0 Å². The topological polar surface area (TPSA) is 15.7 Å². The van der Waals surface area contributed by atoms with E-state index in [0.29, 0.717) is 5.54 Å². The van der Waals surface area contributed by atoms with Gasteiger partial charge in [-0.15, -0.1) is 0 Å². The molecule has 2 aliphatic rings. The fraction of sp³-hybridized carbons (Fsp3) is 1.00. The van der Waals surface area contributed by atoms with Crippen molar-refractivity contribution >= 4 is 0 Å². The van der Waals surface area contributed by atoms with Crippen LogP contribution in [-0.2, 0) is 4.74 Å². The zero-order valence-corrected chi connectivity index (χ0v) is 10.5. The molecule has 0 saturated carbocycles. The summed E-state index contributed by atoms with van der Waals surface area (Å²) >= 11 is 0. The molecule has 0 aromatic heterocycles. The maximum atomic E-state index is 5.15. The van der Waals surface area contributed by atoms with E-state index in [-0.39, 0.29) is 0 Å². The maximum Gasteiger partial charge on any atom is 0.0589 e. The molecule has 15 heavy (non-hydrogen) atoms. The van der Waals surface area contributed by atoms with Crippen LogP contribution in [-0.4, -0.2) is 60.8 Å². The van der Waals surface area contributed by atoms with Crippen LogP contribution in [0.25, 0.3) is 0 Å². The normalized spacial score (nSPS) is 32.8. The van der Waals surface area contributed by atoms with E-state index in [1.807, 2.05) is 0 Å². The van der Waals surface area contributed by atoms with E-state index in [0.717, 1.165) is 25.2 Å². The third-order valence-corrected chi connectivity index (χ3v) is 3.80. The van der Waals surface area contributed by atoms with Crippen LogP contribution < -0.4 is 0 Å². The predicted molar refractivity (Wildman–Crippen MR) is 62.1 cm³/mol. The molecule has 2 fully saturated rings. The Morgan fingerprint density at radius 2 is 1.93 bits per heavy atom. The SMILES string of the molecule is COCCN1CC2CC1CN2C(C)(C)C. The Kier molecular flexibility index (Phi) is 3.06. The summed E-state index contributed by atoms with van der Waals surface area (Å²) in [5.41, 5.74) is 0.340. The molecule has 0 spiro atoms. The predicted octanol–water partition coefficient (Wildman–Crippen LogP) is 1.19. The number of rotatable bonds is 3. The van der Waals surface area contributed by atoms with Gasteiger partial charge in [0.05, 0.1) is 6.61 Å². The molecule has 0 aromatic carbocycles. The zero-order valence-electron chi connectivity index (χ0n) is 10.5. The summed E-state index contributed by atoms with van der Waals surface area (Å²) in [5, 5.41) is 0. The van der Waals surface area contributed by atoms with Crippen molar-refractivity contribution in [2.75, 3.05) is 33.4 Å². The fourth-order valence-corrected chi connectivity index (χ4v) is 3.05. The number of piperazine rings is 1. The van der Waals surface area contributed by atoms with Crippen molar-refractivity contribution in [1.29, 1.82) is 0 Å². The summed E-state index contributed by atoms with van der Waals surface area (Å²) in [4.78, 5) is 5.26. The van der Waals surface area contributed by atoms with E-state index in [1.54, 1.807) is 7.11 Å². The molecule has 0 aromatic rings. The molecule has 2 atom stereocenters. The third-order valence-electron chi connectivity index (χ3n) is 3.80. The first-order chi connectivity index (χ1) is 7.02. The van der Waals surface area contributed by atoms with Gasteiger partial charge in [-0.3, -0.25) is 9.80 Å². The van der Waals surface area contributed by atoms with Gasteiger partial charge in [-0.25, -0.2) is 0 Å². The number of ether oxygens (including phenoxy) is 1. The van der Waals surface area contributed by atoms with E-state index >= 15 is 0 Å². The van der Waals surface area contributed by atoms with E-state index < -0.39 is 0 Å². The summed E-state index contributed by atoms with van der Waals surface area (Å²) in [5.74, 6) is 0. The van der Waals surface area contributed by atoms with Crippen LogP contribution >= 0.6 is 0 Å². The standard InChI is InChI=1S/C12H24N2O/c1-12(2,3)14-9-10-7-11(14)8-13(10)5-6-15-4/h10-11H,5-9H2,1-4H3. The largest absolute Gasteiger partial charge is 0.383 e. The highest BCUT2D eigenvalue weighted by atomic mass is 16.5. The van der Waals surface area contributed by atoms with E-state index in [1.165, 1.54) is 19.5 Å². The van der Waals surface area contributed by atoms with Gasteiger partial charge in [0, 0.05) is 44.4 Å². The molecule has 2 unspecified atom stereocenters. The van der Waals surface area contributed by atoms with Crippen LogP contribution in [0.1, 0.15) is 27.2 Å². The maximum absolute atomic E-state index is 5.15.